The first-order valence-electron chi connectivity index (χ1n) is 4.30. The van der Waals surface area contributed by atoms with Crippen molar-refractivity contribution in [2.75, 3.05) is 20.2 Å². The molecule has 0 aliphatic carbocycles. The molecule has 0 bridgehead atoms. The van der Waals surface area contributed by atoms with Gasteiger partial charge in [0.1, 0.15) is 6.20 Å². The second-order valence-electron chi connectivity index (χ2n) is 2.88. The maximum atomic E-state index is 5.33. The zero-order valence-electron chi connectivity index (χ0n) is 7.54. The highest BCUT2D eigenvalue weighted by atomic mass is 16.6. The SMILES string of the molecule is COc1cnc(C2=CCCNC2)o1. The molecule has 0 unspecified atom stereocenters. The van der Waals surface area contributed by atoms with Gasteiger partial charge in [0.2, 0.25) is 5.89 Å². The number of nitrogens with one attached hydrogen (secondary N) is 1. The third-order valence-corrected chi connectivity index (χ3v) is 1.99. The van der Waals surface area contributed by atoms with Crippen LogP contribution in [0.1, 0.15) is 12.3 Å². The summed E-state index contributed by atoms with van der Waals surface area (Å²) in [5.41, 5.74) is 1.11. The van der Waals surface area contributed by atoms with Crippen LogP contribution >= 0.6 is 0 Å². The van der Waals surface area contributed by atoms with E-state index in [1.807, 2.05) is 0 Å². The number of aromatic nitrogens is 1. The molecule has 0 aromatic carbocycles. The highest BCUT2D eigenvalue weighted by Crippen LogP contribution is 2.20. The van der Waals surface area contributed by atoms with Crippen molar-refractivity contribution >= 4 is 5.57 Å². The van der Waals surface area contributed by atoms with E-state index in [0.717, 1.165) is 25.1 Å². The van der Waals surface area contributed by atoms with Gasteiger partial charge < -0.3 is 14.5 Å². The highest BCUT2D eigenvalue weighted by molar-refractivity contribution is 5.61. The summed E-state index contributed by atoms with van der Waals surface area (Å²) in [5, 5.41) is 3.25. The predicted octanol–water partition coefficient (Wildman–Crippen LogP) is 1.06. The molecule has 0 amide bonds. The third kappa shape index (κ3) is 1.72. The van der Waals surface area contributed by atoms with E-state index in [1.165, 1.54) is 0 Å². The van der Waals surface area contributed by atoms with Crippen LogP contribution in [0.15, 0.2) is 16.7 Å². The Morgan fingerprint density at radius 2 is 2.54 bits per heavy atom. The molecule has 0 fully saturated rings. The van der Waals surface area contributed by atoms with Crippen LogP contribution in [0.4, 0.5) is 0 Å². The molecule has 0 atom stereocenters. The summed E-state index contributed by atoms with van der Waals surface area (Å²) in [4.78, 5) is 4.11. The minimum Gasteiger partial charge on any atom is -0.467 e. The van der Waals surface area contributed by atoms with Crippen molar-refractivity contribution in [3.63, 3.8) is 0 Å². The van der Waals surface area contributed by atoms with E-state index in [4.69, 9.17) is 9.15 Å². The normalized spacial score (nSPS) is 16.8. The van der Waals surface area contributed by atoms with Crippen LogP contribution in [0.25, 0.3) is 5.57 Å². The maximum absolute atomic E-state index is 5.33. The first-order valence-corrected chi connectivity index (χ1v) is 4.30. The van der Waals surface area contributed by atoms with E-state index < -0.39 is 0 Å². The van der Waals surface area contributed by atoms with Gasteiger partial charge in [-0.25, -0.2) is 4.98 Å². The van der Waals surface area contributed by atoms with Crippen LogP contribution in [0.2, 0.25) is 0 Å². The number of hydrogen-bond acceptors (Lipinski definition) is 4. The van der Waals surface area contributed by atoms with Crippen LogP contribution in [0, 0.1) is 0 Å². The number of oxazole rings is 1. The Kier molecular flexibility index (Phi) is 2.31. The van der Waals surface area contributed by atoms with Gasteiger partial charge in [0.05, 0.1) is 7.11 Å². The summed E-state index contributed by atoms with van der Waals surface area (Å²) in [7, 11) is 1.57. The summed E-state index contributed by atoms with van der Waals surface area (Å²) in [5.74, 6) is 1.12. The van der Waals surface area contributed by atoms with E-state index in [1.54, 1.807) is 13.3 Å². The minimum absolute atomic E-state index is 0.460. The van der Waals surface area contributed by atoms with Crippen molar-refractivity contribution in [2.45, 2.75) is 6.42 Å². The molecule has 0 saturated carbocycles. The van der Waals surface area contributed by atoms with Gasteiger partial charge in [0.15, 0.2) is 0 Å². The van der Waals surface area contributed by atoms with E-state index >= 15 is 0 Å². The Morgan fingerprint density at radius 1 is 1.62 bits per heavy atom. The molecule has 0 spiro atoms. The summed E-state index contributed by atoms with van der Waals surface area (Å²) in [6.07, 6.45) is 4.76. The Morgan fingerprint density at radius 3 is 3.15 bits per heavy atom. The number of nitrogens with zero attached hydrogens (tertiary/aromatic N) is 1. The average molecular weight is 180 g/mol. The maximum Gasteiger partial charge on any atom is 0.305 e. The average Bonchev–Trinajstić information content (AvgIpc) is 2.67. The lowest BCUT2D eigenvalue weighted by molar-refractivity contribution is 0.301. The first kappa shape index (κ1) is 8.31. The molecule has 2 heterocycles. The lowest BCUT2D eigenvalue weighted by Gasteiger charge is -2.10. The largest absolute Gasteiger partial charge is 0.467 e. The highest BCUT2D eigenvalue weighted by Gasteiger charge is 2.11. The van der Waals surface area contributed by atoms with Crippen molar-refractivity contribution in [1.29, 1.82) is 0 Å². The number of hydrogen-bond donors (Lipinski definition) is 1. The van der Waals surface area contributed by atoms with Gasteiger partial charge in [-0.3, -0.25) is 0 Å². The summed E-state index contributed by atoms with van der Waals surface area (Å²) in [6, 6.07) is 0. The van der Waals surface area contributed by atoms with Crippen LogP contribution in [0.3, 0.4) is 0 Å². The molecule has 13 heavy (non-hydrogen) atoms. The van der Waals surface area contributed by atoms with Gasteiger partial charge in [-0.15, -0.1) is 0 Å². The van der Waals surface area contributed by atoms with Crippen molar-refractivity contribution in [3.8, 4) is 5.95 Å². The quantitative estimate of drug-likeness (QED) is 0.739. The zero-order chi connectivity index (χ0) is 9.10. The molecule has 4 nitrogen and oxygen atoms in total. The molecule has 1 aliphatic heterocycles. The second kappa shape index (κ2) is 3.62. The van der Waals surface area contributed by atoms with Gasteiger partial charge in [0, 0.05) is 12.1 Å². The lowest BCUT2D eigenvalue weighted by atomic mass is 10.1. The Bertz CT molecular complexity index is 317. The molecule has 1 aromatic rings. The van der Waals surface area contributed by atoms with Gasteiger partial charge >= 0.3 is 5.95 Å². The molecule has 70 valence electrons. The smallest absolute Gasteiger partial charge is 0.305 e. The summed E-state index contributed by atoms with van der Waals surface area (Å²) >= 11 is 0. The number of rotatable bonds is 2. The summed E-state index contributed by atoms with van der Waals surface area (Å²) in [6.45, 7) is 1.85. The molecule has 1 N–H and O–H groups in total. The van der Waals surface area contributed by atoms with E-state index in [9.17, 15) is 0 Å². The van der Waals surface area contributed by atoms with Gasteiger partial charge in [-0.2, -0.15) is 0 Å². The lowest BCUT2D eigenvalue weighted by Crippen LogP contribution is -2.21. The monoisotopic (exact) mass is 180 g/mol. The van der Waals surface area contributed by atoms with Crippen LogP contribution in [-0.4, -0.2) is 25.2 Å². The Hall–Kier alpha value is -1.29. The van der Waals surface area contributed by atoms with Crippen molar-refractivity contribution in [3.05, 3.63) is 18.2 Å². The van der Waals surface area contributed by atoms with Crippen molar-refractivity contribution < 1.29 is 9.15 Å². The van der Waals surface area contributed by atoms with Crippen molar-refractivity contribution in [2.24, 2.45) is 0 Å². The fraction of sp³-hybridized carbons (Fsp3) is 0.444. The van der Waals surface area contributed by atoms with Gasteiger partial charge in [0.25, 0.3) is 0 Å². The predicted molar refractivity (Wildman–Crippen MR) is 48.5 cm³/mol. The molecule has 0 radical (unpaired) electrons. The van der Waals surface area contributed by atoms with Crippen LogP contribution < -0.4 is 10.1 Å². The number of methoxy groups -OCH3 is 1. The third-order valence-electron chi connectivity index (χ3n) is 1.99. The molecule has 2 rings (SSSR count). The van der Waals surface area contributed by atoms with E-state index in [0.29, 0.717) is 11.8 Å². The zero-order valence-corrected chi connectivity index (χ0v) is 7.54. The standard InChI is InChI=1S/C9H12N2O2/c1-12-8-6-11-9(13-8)7-3-2-4-10-5-7/h3,6,10H,2,4-5H2,1H3. The minimum atomic E-state index is 0.460. The molecule has 1 aliphatic rings. The van der Waals surface area contributed by atoms with Crippen LogP contribution in [0.5, 0.6) is 5.95 Å². The van der Waals surface area contributed by atoms with Crippen LogP contribution in [-0.2, 0) is 0 Å². The molecule has 0 saturated heterocycles. The van der Waals surface area contributed by atoms with Gasteiger partial charge in [-0.05, 0) is 13.0 Å². The fourth-order valence-electron chi connectivity index (χ4n) is 1.31. The van der Waals surface area contributed by atoms with Crippen molar-refractivity contribution in [1.82, 2.24) is 10.3 Å². The first-order chi connectivity index (χ1) is 6.40. The second-order valence-corrected chi connectivity index (χ2v) is 2.88. The number of ether oxygens (including phenoxy) is 1. The fourth-order valence-corrected chi connectivity index (χ4v) is 1.31. The molecule has 1 aromatic heterocycles. The Balaban J connectivity index is 2.19. The molecular formula is C9H12N2O2. The molecular weight excluding hydrogens is 168 g/mol. The Labute approximate surface area is 76.6 Å². The van der Waals surface area contributed by atoms with Gasteiger partial charge in [-0.1, -0.05) is 6.08 Å². The van der Waals surface area contributed by atoms with E-state index in [-0.39, 0.29) is 0 Å². The molecule has 4 heteroatoms. The topological polar surface area (TPSA) is 47.3 Å². The van der Waals surface area contributed by atoms with E-state index in [2.05, 4.69) is 16.4 Å². The summed E-state index contributed by atoms with van der Waals surface area (Å²) < 4.78 is 10.2.